The standard InChI is InChI=1S/C14H16N6O2/c1-9-12(10(2)18-17-9)11-5-16-20(6-11)14(3-4-15)7-19(8-14)13(21)22/h5-6H,3,7-8H2,1-2H3,(H,17,18)(H,21,22). The van der Waals surface area contributed by atoms with Crippen LogP contribution in [0.3, 0.4) is 0 Å². The molecule has 8 heteroatoms. The second-order valence-electron chi connectivity index (χ2n) is 5.68. The minimum atomic E-state index is -0.970. The molecule has 0 saturated carbocycles. The molecule has 0 bridgehead atoms. The first kappa shape index (κ1) is 14.1. The number of H-pyrrole nitrogens is 1. The van der Waals surface area contributed by atoms with Crippen molar-refractivity contribution in [1.29, 1.82) is 5.26 Å². The summed E-state index contributed by atoms with van der Waals surface area (Å²) in [6, 6.07) is 2.14. The lowest BCUT2D eigenvalue weighted by atomic mass is 9.87. The Balaban J connectivity index is 1.93. The van der Waals surface area contributed by atoms with E-state index in [0.29, 0.717) is 0 Å². The van der Waals surface area contributed by atoms with Crippen molar-refractivity contribution in [3.05, 3.63) is 23.8 Å². The Kier molecular flexibility index (Phi) is 3.13. The van der Waals surface area contributed by atoms with Crippen molar-refractivity contribution in [2.75, 3.05) is 13.1 Å². The lowest BCUT2D eigenvalue weighted by Crippen LogP contribution is -2.64. The van der Waals surface area contributed by atoms with Gasteiger partial charge in [-0.1, -0.05) is 0 Å². The summed E-state index contributed by atoms with van der Waals surface area (Å²) in [5.74, 6) is 0. The van der Waals surface area contributed by atoms with Gasteiger partial charge in [-0.3, -0.25) is 9.78 Å². The average molecular weight is 300 g/mol. The van der Waals surface area contributed by atoms with Crippen LogP contribution in [0.2, 0.25) is 0 Å². The predicted molar refractivity (Wildman–Crippen MR) is 77.1 cm³/mol. The summed E-state index contributed by atoms with van der Waals surface area (Å²) in [5, 5.41) is 29.5. The summed E-state index contributed by atoms with van der Waals surface area (Å²) in [6.07, 6.45) is 2.85. The van der Waals surface area contributed by atoms with Gasteiger partial charge in [-0.05, 0) is 13.8 Å². The van der Waals surface area contributed by atoms with Crippen molar-refractivity contribution in [2.24, 2.45) is 0 Å². The number of nitriles is 1. The quantitative estimate of drug-likeness (QED) is 0.892. The van der Waals surface area contributed by atoms with Gasteiger partial charge >= 0.3 is 6.09 Å². The van der Waals surface area contributed by atoms with Crippen LogP contribution < -0.4 is 0 Å². The van der Waals surface area contributed by atoms with Gasteiger partial charge in [-0.25, -0.2) is 4.79 Å². The molecule has 0 aliphatic carbocycles. The van der Waals surface area contributed by atoms with E-state index < -0.39 is 11.6 Å². The van der Waals surface area contributed by atoms with Crippen LogP contribution in [0.15, 0.2) is 12.4 Å². The van der Waals surface area contributed by atoms with Crippen LogP contribution in [0, 0.1) is 25.2 Å². The number of carboxylic acid groups (broad SMARTS) is 1. The topological polar surface area (TPSA) is 111 Å². The number of hydrogen-bond acceptors (Lipinski definition) is 4. The van der Waals surface area contributed by atoms with Gasteiger partial charge in [0.25, 0.3) is 0 Å². The van der Waals surface area contributed by atoms with E-state index in [4.69, 9.17) is 10.4 Å². The number of hydrogen-bond donors (Lipinski definition) is 2. The number of nitrogens with zero attached hydrogens (tertiary/aromatic N) is 5. The van der Waals surface area contributed by atoms with Gasteiger partial charge in [-0.2, -0.15) is 15.5 Å². The number of nitrogens with one attached hydrogen (secondary N) is 1. The fraction of sp³-hybridized carbons (Fsp3) is 0.429. The third-order valence-corrected chi connectivity index (χ3v) is 4.13. The van der Waals surface area contributed by atoms with Crippen molar-refractivity contribution in [1.82, 2.24) is 24.9 Å². The van der Waals surface area contributed by atoms with Crippen LogP contribution in [0.4, 0.5) is 4.79 Å². The molecule has 1 aliphatic heterocycles. The summed E-state index contributed by atoms with van der Waals surface area (Å²) in [5.41, 5.74) is 3.17. The Morgan fingerprint density at radius 1 is 1.55 bits per heavy atom. The minimum Gasteiger partial charge on any atom is -0.465 e. The summed E-state index contributed by atoms with van der Waals surface area (Å²) < 4.78 is 1.72. The van der Waals surface area contributed by atoms with Crippen LogP contribution in [0.5, 0.6) is 0 Å². The molecule has 2 aromatic rings. The zero-order valence-electron chi connectivity index (χ0n) is 12.4. The molecule has 2 aromatic heterocycles. The Morgan fingerprint density at radius 2 is 2.27 bits per heavy atom. The molecule has 3 heterocycles. The molecular weight excluding hydrogens is 284 g/mol. The highest BCUT2D eigenvalue weighted by Crippen LogP contribution is 2.34. The minimum absolute atomic E-state index is 0.223. The molecule has 0 atom stereocenters. The van der Waals surface area contributed by atoms with E-state index >= 15 is 0 Å². The molecule has 1 fully saturated rings. The van der Waals surface area contributed by atoms with Crippen molar-refractivity contribution in [3.8, 4) is 17.2 Å². The van der Waals surface area contributed by atoms with Crippen LogP contribution in [0.25, 0.3) is 11.1 Å². The molecule has 1 aliphatic rings. The number of aryl methyl sites for hydroxylation is 2. The SMILES string of the molecule is Cc1n[nH]c(C)c1-c1cnn(C2(CC#N)CN(C(=O)O)C2)c1. The van der Waals surface area contributed by atoms with Gasteiger partial charge < -0.3 is 10.0 Å². The fourth-order valence-electron chi connectivity index (χ4n) is 2.97. The van der Waals surface area contributed by atoms with Crippen molar-refractivity contribution >= 4 is 6.09 Å². The molecular formula is C14H16N6O2. The summed E-state index contributed by atoms with van der Waals surface area (Å²) in [6.45, 7) is 4.41. The Bertz CT molecular complexity index is 743. The second kappa shape index (κ2) is 4.87. The Morgan fingerprint density at radius 3 is 2.82 bits per heavy atom. The lowest BCUT2D eigenvalue weighted by Gasteiger charge is -2.47. The lowest BCUT2D eigenvalue weighted by molar-refractivity contribution is 0.0139. The van der Waals surface area contributed by atoms with Gasteiger partial charge in [0.15, 0.2) is 0 Å². The van der Waals surface area contributed by atoms with Gasteiger partial charge in [-0.15, -0.1) is 0 Å². The summed E-state index contributed by atoms with van der Waals surface area (Å²) >= 11 is 0. The Hall–Kier alpha value is -2.82. The molecule has 1 amide bonds. The molecule has 0 radical (unpaired) electrons. The maximum Gasteiger partial charge on any atom is 0.407 e. The van der Waals surface area contributed by atoms with Crippen LogP contribution >= 0.6 is 0 Å². The van der Waals surface area contributed by atoms with Gasteiger partial charge in [0.2, 0.25) is 0 Å². The third-order valence-electron chi connectivity index (χ3n) is 4.13. The van der Waals surface area contributed by atoms with Gasteiger partial charge in [0.05, 0.1) is 37.5 Å². The largest absolute Gasteiger partial charge is 0.465 e. The maximum absolute atomic E-state index is 11.0. The van der Waals surface area contributed by atoms with E-state index in [9.17, 15) is 4.79 Å². The predicted octanol–water partition coefficient (Wildman–Crippen LogP) is 1.49. The number of aromatic amines is 1. The van der Waals surface area contributed by atoms with E-state index in [2.05, 4.69) is 21.4 Å². The first-order valence-corrected chi connectivity index (χ1v) is 6.89. The molecule has 114 valence electrons. The number of rotatable bonds is 3. The molecule has 2 N–H and O–H groups in total. The molecule has 0 spiro atoms. The van der Waals surface area contributed by atoms with Crippen molar-refractivity contribution in [3.63, 3.8) is 0 Å². The van der Waals surface area contributed by atoms with E-state index in [1.54, 1.807) is 10.9 Å². The van der Waals surface area contributed by atoms with E-state index in [1.807, 2.05) is 20.0 Å². The summed E-state index contributed by atoms with van der Waals surface area (Å²) in [4.78, 5) is 12.3. The molecule has 8 nitrogen and oxygen atoms in total. The second-order valence-corrected chi connectivity index (χ2v) is 5.68. The number of amides is 1. The zero-order valence-corrected chi connectivity index (χ0v) is 12.4. The molecule has 0 aromatic carbocycles. The first-order chi connectivity index (χ1) is 10.5. The monoisotopic (exact) mass is 300 g/mol. The zero-order chi connectivity index (χ0) is 15.9. The average Bonchev–Trinajstić information content (AvgIpc) is 3.00. The smallest absolute Gasteiger partial charge is 0.407 e. The van der Waals surface area contributed by atoms with Crippen molar-refractivity contribution < 1.29 is 9.90 Å². The molecule has 3 rings (SSSR count). The van der Waals surface area contributed by atoms with Crippen LogP contribution in [-0.2, 0) is 5.54 Å². The number of likely N-dealkylation sites (tertiary alicyclic amines) is 1. The highest BCUT2D eigenvalue weighted by Gasteiger charge is 2.47. The normalized spacial score (nSPS) is 16.1. The summed E-state index contributed by atoms with van der Waals surface area (Å²) in [7, 11) is 0. The van der Waals surface area contributed by atoms with Gasteiger partial charge in [0.1, 0.15) is 5.54 Å². The Labute approximate surface area is 127 Å². The molecule has 1 saturated heterocycles. The van der Waals surface area contributed by atoms with Crippen LogP contribution in [0.1, 0.15) is 17.8 Å². The fourth-order valence-corrected chi connectivity index (χ4v) is 2.97. The third kappa shape index (κ3) is 2.02. The maximum atomic E-state index is 11.0. The van der Waals surface area contributed by atoms with Crippen LogP contribution in [-0.4, -0.2) is 49.2 Å². The van der Waals surface area contributed by atoms with Crippen molar-refractivity contribution in [2.45, 2.75) is 25.8 Å². The molecule has 22 heavy (non-hydrogen) atoms. The highest BCUT2D eigenvalue weighted by atomic mass is 16.4. The van der Waals surface area contributed by atoms with E-state index in [0.717, 1.165) is 22.5 Å². The van der Waals surface area contributed by atoms with E-state index in [-0.39, 0.29) is 19.5 Å². The van der Waals surface area contributed by atoms with Gasteiger partial charge in [0, 0.05) is 23.0 Å². The molecule has 0 unspecified atom stereocenters. The number of carbonyl (C=O) groups is 1. The number of aromatic nitrogens is 4. The van der Waals surface area contributed by atoms with E-state index in [1.165, 1.54) is 4.90 Å². The first-order valence-electron chi connectivity index (χ1n) is 6.89. The highest BCUT2D eigenvalue weighted by molar-refractivity contribution is 5.68.